The molecule has 1 aliphatic heterocycles. The molecule has 3 N–H and O–H groups in total. The fourth-order valence-corrected chi connectivity index (χ4v) is 3.42. The highest BCUT2D eigenvalue weighted by Crippen LogP contribution is 2.33. The number of carbonyl (C=O) groups excluding carboxylic acids is 1. The van der Waals surface area contributed by atoms with Gasteiger partial charge in [0.05, 0.1) is 6.61 Å². The Bertz CT molecular complexity index is 885. The molecule has 7 nitrogen and oxygen atoms in total. The summed E-state index contributed by atoms with van der Waals surface area (Å²) in [7, 11) is 0. The quantitative estimate of drug-likeness (QED) is 0.669. The third-order valence-corrected chi connectivity index (χ3v) is 4.99. The third kappa shape index (κ3) is 2.99. The standard InChI is InChI=1S/C19H23N3O4/c1-3-11(2)15-19(26)21-13-7-5-4-6-12(13)10-22(15)16-14(20-8-9-23)17(24)18(16)25/h4-7,11,15,20,23H,3,8-10H2,1-2H3,(H,21,26). The summed E-state index contributed by atoms with van der Waals surface area (Å²) in [5.41, 5.74) is 0.829. The lowest BCUT2D eigenvalue weighted by Gasteiger charge is -2.35. The number of hydrogen-bond acceptors (Lipinski definition) is 6. The summed E-state index contributed by atoms with van der Waals surface area (Å²) in [6, 6.07) is 6.88. The van der Waals surface area contributed by atoms with Crippen LogP contribution >= 0.6 is 0 Å². The van der Waals surface area contributed by atoms with E-state index in [-0.39, 0.29) is 36.4 Å². The Morgan fingerprint density at radius 2 is 2.00 bits per heavy atom. The maximum atomic E-state index is 12.9. The molecule has 26 heavy (non-hydrogen) atoms. The molecule has 2 aromatic carbocycles. The van der Waals surface area contributed by atoms with Gasteiger partial charge in [-0.3, -0.25) is 14.4 Å². The molecular weight excluding hydrogens is 334 g/mol. The molecule has 0 aliphatic carbocycles. The number of nitrogens with zero attached hydrogens (tertiary/aromatic N) is 1. The lowest BCUT2D eigenvalue weighted by atomic mass is 9.95. The number of benzene rings is 1. The summed E-state index contributed by atoms with van der Waals surface area (Å²) in [5.74, 6) is -0.204. The van der Waals surface area contributed by atoms with Gasteiger partial charge in [-0.2, -0.15) is 0 Å². The molecule has 0 saturated heterocycles. The number of rotatable bonds is 6. The van der Waals surface area contributed by atoms with E-state index in [0.717, 1.165) is 17.7 Å². The van der Waals surface area contributed by atoms with Crippen molar-refractivity contribution in [2.45, 2.75) is 32.9 Å². The van der Waals surface area contributed by atoms with Crippen LogP contribution in [0, 0.1) is 5.92 Å². The molecule has 0 fully saturated rings. The Labute approximate surface area is 151 Å². The Hall–Kier alpha value is -2.67. The van der Waals surface area contributed by atoms with E-state index in [1.807, 2.05) is 38.1 Å². The molecule has 2 atom stereocenters. The number of anilines is 3. The van der Waals surface area contributed by atoms with Crippen LogP contribution in [0.3, 0.4) is 0 Å². The highest BCUT2D eigenvalue weighted by molar-refractivity contribution is 5.99. The van der Waals surface area contributed by atoms with Gasteiger partial charge >= 0.3 is 0 Å². The van der Waals surface area contributed by atoms with E-state index in [4.69, 9.17) is 5.11 Å². The molecule has 1 aliphatic rings. The number of hydrogen-bond donors (Lipinski definition) is 3. The summed E-state index contributed by atoms with van der Waals surface area (Å²) in [6.45, 7) is 4.31. The van der Waals surface area contributed by atoms with Gasteiger partial charge in [-0.25, -0.2) is 0 Å². The third-order valence-electron chi connectivity index (χ3n) is 4.99. The maximum Gasteiger partial charge on any atom is 0.253 e. The van der Waals surface area contributed by atoms with Crippen molar-refractivity contribution in [1.82, 2.24) is 0 Å². The van der Waals surface area contributed by atoms with Gasteiger partial charge in [0, 0.05) is 18.8 Å². The molecule has 7 heteroatoms. The number of fused-ring (bicyclic) bond motifs is 1. The van der Waals surface area contributed by atoms with Crippen LogP contribution in [0.5, 0.6) is 0 Å². The predicted molar refractivity (Wildman–Crippen MR) is 101 cm³/mol. The second-order valence-electron chi connectivity index (χ2n) is 6.64. The van der Waals surface area contributed by atoms with Gasteiger partial charge in [0.2, 0.25) is 5.91 Å². The summed E-state index contributed by atoms with van der Waals surface area (Å²) >= 11 is 0. The molecule has 3 rings (SSSR count). The van der Waals surface area contributed by atoms with Crippen molar-refractivity contribution in [1.29, 1.82) is 0 Å². The zero-order valence-corrected chi connectivity index (χ0v) is 14.9. The van der Waals surface area contributed by atoms with Gasteiger partial charge in [0.1, 0.15) is 17.4 Å². The van der Waals surface area contributed by atoms with Gasteiger partial charge in [0.15, 0.2) is 0 Å². The van der Waals surface area contributed by atoms with Gasteiger partial charge in [-0.15, -0.1) is 0 Å². The lowest BCUT2D eigenvalue weighted by molar-refractivity contribution is -0.118. The van der Waals surface area contributed by atoms with Crippen LogP contribution in [-0.4, -0.2) is 30.2 Å². The van der Waals surface area contributed by atoms with E-state index in [1.165, 1.54) is 0 Å². The van der Waals surface area contributed by atoms with Crippen molar-refractivity contribution in [3.63, 3.8) is 0 Å². The molecule has 1 amide bonds. The number of aliphatic hydroxyl groups is 1. The van der Waals surface area contributed by atoms with Crippen LogP contribution in [-0.2, 0) is 11.3 Å². The first-order chi connectivity index (χ1) is 12.5. The number of carbonyl (C=O) groups is 1. The smallest absolute Gasteiger partial charge is 0.253 e. The summed E-state index contributed by atoms with van der Waals surface area (Å²) in [5, 5.41) is 14.8. The van der Waals surface area contributed by atoms with Crippen molar-refractivity contribution < 1.29 is 9.90 Å². The monoisotopic (exact) mass is 357 g/mol. The van der Waals surface area contributed by atoms with Crippen molar-refractivity contribution in [2.75, 3.05) is 28.7 Å². The first kappa shape index (κ1) is 18.1. The van der Waals surface area contributed by atoms with Gasteiger partial charge in [-0.05, 0) is 17.5 Å². The molecule has 1 heterocycles. The van der Waals surface area contributed by atoms with Crippen molar-refractivity contribution >= 4 is 23.0 Å². The Kier molecular flexibility index (Phi) is 5.08. The number of aliphatic hydroxyl groups excluding tert-OH is 1. The van der Waals surface area contributed by atoms with Crippen LogP contribution in [0.15, 0.2) is 33.9 Å². The maximum absolute atomic E-state index is 12.9. The van der Waals surface area contributed by atoms with Crippen LogP contribution in [0.25, 0.3) is 0 Å². The molecule has 0 spiro atoms. The molecule has 0 radical (unpaired) electrons. The van der Waals surface area contributed by atoms with E-state index in [9.17, 15) is 14.4 Å². The number of amides is 1. The zero-order valence-electron chi connectivity index (χ0n) is 14.9. The topological polar surface area (TPSA) is 98.7 Å². The Morgan fingerprint density at radius 1 is 1.27 bits per heavy atom. The van der Waals surface area contributed by atoms with Crippen molar-refractivity contribution in [3.8, 4) is 0 Å². The summed E-state index contributed by atoms with van der Waals surface area (Å²) in [4.78, 5) is 39.0. The predicted octanol–water partition coefficient (Wildman–Crippen LogP) is 1.06. The van der Waals surface area contributed by atoms with Gasteiger partial charge in [-0.1, -0.05) is 38.5 Å². The Balaban J connectivity index is 2.09. The fraction of sp³-hybridized carbons (Fsp3) is 0.421. The number of para-hydroxylation sites is 1. The molecule has 138 valence electrons. The minimum atomic E-state index is -0.603. The molecule has 0 bridgehead atoms. The first-order valence-corrected chi connectivity index (χ1v) is 8.83. The van der Waals surface area contributed by atoms with Crippen molar-refractivity contribution in [2.24, 2.45) is 5.92 Å². The second-order valence-corrected chi connectivity index (χ2v) is 6.64. The number of nitrogens with one attached hydrogen (secondary N) is 2. The van der Waals surface area contributed by atoms with E-state index in [2.05, 4.69) is 10.6 Å². The average Bonchev–Trinajstić information content (AvgIpc) is 2.79. The molecule has 0 saturated carbocycles. The van der Waals surface area contributed by atoms with E-state index < -0.39 is 16.9 Å². The van der Waals surface area contributed by atoms with E-state index in [0.29, 0.717) is 6.54 Å². The fourth-order valence-electron chi connectivity index (χ4n) is 3.42. The highest BCUT2D eigenvalue weighted by atomic mass is 16.3. The minimum Gasteiger partial charge on any atom is -0.395 e. The molecule has 0 aromatic heterocycles. The van der Waals surface area contributed by atoms with Crippen LogP contribution < -0.4 is 26.4 Å². The van der Waals surface area contributed by atoms with Crippen LogP contribution in [0.1, 0.15) is 25.8 Å². The van der Waals surface area contributed by atoms with Crippen LogP contribution in [0.2, 0.25) is 0 Å². The first-order valence-electron chi connectivity index (χ1n) is 8.83. The summed E-state index contributed by atoms with van der Waals surface area (Å²) in [6.07, 6.45) is 0.750. The Morgan fingerprint density at radius 3 is 2.69 bits per heavy atom. The molecule has 2 aromatic rings. The largest absolute Gasteiger partial charge is 0.395 e. The lowest BCUT2D eigenvalue weighted by Crippen LogP contribution is -2.52. The van der Waals surface area contributed by atoms with Gasteiger partial charge < -0.3 is 20.6 Å². The zero-order chi connectivity index (χ0) is 18.8. The van der Waals surface area contributed by atoms with E-state index in [1.54, 1.807) is 4.90 Å². The van der Waals surface area contributed by atoms with Crippen molar-refractivity contribution in [3.05, 3.63) is 50.3 Å². The summed E-state index contributed by atoms with van der Waals surface area (Å²) < 4.78 is 0. The van der Waals surface area contributed by atoms with E-state index >= 15 is 0 Å². The highest BCUT2D eigenvalue weighted by Gasteiger charge is 2.38. The average molecular weight is 357 g/mol. The second kappa shape index (κ2) is 7.29. The minimum absolute atomic E-state index is 0.0144. The van der Waals surface area contributed by atoms with Gasteiger partial charge in [0.25, 0.3) is 10.9 Å². The molecule has 2 unspecified atom stereocenters. The molecular formula is C19H23N3O4. The van der Waals surface area contributed by atoms with Crippen LogP contribution in [0.4, 0.5) is 17.1 Å². The SMILES string of the molecule is CCC(C)C1C(=O)Nc2ccccc2CN1c1c(NCCO)c(=O)c1=O. The normalized spacial score (nSPS) is 18.2.